The predicted molar refractivity (Wildman–Crippen MR) is 96.1 cm³/mol. The molecule has 0 aliphatic rings. The van der Waals surface area contributed by atoms with E-state index in [0.29, 0.717) is 22.9 Å². The number of ether oxygens (including phenoxy) is 1. The second kappa shape index (κ2) is 8.89. The Morgan fingerprint density at radius 1 is 1.17 bits per heavy atom. The molecule has 0 atom stereocenters. The van der Waals surface area contributed by atoms with Gasteiger partial charge in [0.2, 0.25) is 5.91 Å². The van der Waals surface area contributed by atoms with Crippen LogP contribution in [-0.4, -0.2) is 18.5 Å². The number of carbonyl (C=O) groups is 2. The van der Waals surface area contributed by atoms with Gasteiger partial charge >= 0.3 is 5.97 Å². The number of benzene rings is 2. The standard InChI is InChI=1S/C19H18ClNO3/c1-2-12-24-19(23)15-7-5-8-16(13-15)21-18(22)11-10-14-6-3-4-9-17(14)20/h3-11,13H,2,12H2,1H3,(H,21,22)/b11-10+. The molecule has 0 aromatic heterocycles. The Bertz CT molecular complexity index is 756. The average Bonchev–Trinajstić information content (AvgIpc) is 2.59. The molecule has 0 radical (unpaired) electrons. The van der Waals surface area contributed by atoms with Crippen LogP contribution in [0.4, 0.5) is 5.69 Å². The number of anilines is 1. The first-order valence-electron chi connectivity index (χ1n) is 7.61. The van der Waals surface area contributed by atoms with Gasteiger partial charge in [-0.3, -0.25) is 4.79 Å². The van der Waals surface area contributed by atoms with Gasteiger partial charge in [-0.25, -0.2) is 4.79 Å². The molecule has 0 aliphatic carbocycles. The molecule has 0 unspecified atom stereocenters. The summed E-state index contributed by atoms with van der Waals surface area (Å²) >= 11 is 6.03. The summed E-state index contributed by atoms with van der Waals surface area (Å²) in [5.41, 5.74) is 1.68. The lowest BCUT2D eigenvalue weighted by atomic mass is 10.2. The van der Waals surface area contributed by atoms with E-state index in [2.05, 4.69) is 5.32 Å². The molecule has 24 heavy (non-hydrogen) atoms. The van der Waals surface area contributed by atoms with Crippen LogP contribution in [0.1, 0.15) is 29.3 Å². The van der Waals surface area contributed by atoms with Crippen molar-refractivity contribution >= 4 is 35.2 Å². The number of rotatable bonds is 6. The lowest BCUT2D eigenvalue weighted by Crippen LogP contribution is -2.10. The summed E-state index contributed by atoms with van der Waals surface area (Å²) in [6.45, 7) is 2.30. The molecule has 0 spiro atoms. The molecule has 0 heterocycles. The van der Waals surface area contributed by atoms with Crippen LogP contribution < -0.4 is 5.32 Å². The third-order valence-corrected chi connectivity index (χ3v) is 3.47. The van der Waals surface area contributed by atoms with Gasteiger partial charge < -0.3 is 10.1 Å². The van der Waals surface area contributed by atoms with E-state index in [1.165, 1.54) is 6.08 Å². The SMILES string of the molecule is CCCOC(=O)c1cccc(NC(=O)/C=C/c2ccccc2Cl)c1. The monoisotopic (exact) mass is 343 g/mol. The molecule has 1 N–H and O–H groups in total. The van der Waals surface area contributed by atoms with Crippen LogP contribution in [-0.2, 0) is 9.53 Å². The highest BCUT2D eigenvalue weighted by atomic mass is 35.5. The van der Waals surface area contributed by atoms with Gasteiger partial charge in [0, 0.05) is 16.8 Å². The molecule has 0 saturated heterocycles. The number of esters is 1. The molecule has 2 rings (SSSR count). The van der Waals surface area contributed by atoms with Crippen LogP contribution in [0, 0.1) is 0 Å². The largest absolute Gasteiger partial charge is 0.462 e. The molecule has 0 bridgehead atoms. The van der Waals surface area contributed by atoms with Crippen LogP contribution in [0.25, 0.3) is 6.08 Å². The summed E-state index contributed by atoms with van der Waals surface area (Å²) in [5, 5.41) is 3.28. The molecule has 4 nitrogen and oxygen atoms in total. The van der Waals surface area contributed by atoms with E-state index in [9.17, 15) is 9.59 Å². The Kier molecular flexibility index (Phi) is 6.58. The Hall–Kier alpha value is -2.59. The molecule has 0 fully saturated rings. The fourth-order valence-corrected chi connectivity index (χ4v) is 2.16. The van der Waals surface area contributed by atoms with Gasteiger partial charge in [0.1, 0.15) is 0 Å². The van der Waals surface area contributed by atoms with E-state index in [1.807, 2.05) is 25.1 Å². The van der Waals surface area contributed by atoms with Gasteiger partial charge in [-0.05, 0) is 42.3 Å². The predicted octanol–water partition coefficient (Wildman–Crippen LogP) is 4.56. The lowest BCUT2D eigenvalue weighted by molar-refractivity contribution is -0.111. The second-order valence-electron chi connectivity index (χ2n) is 5.06. The summed E-state index contributed by atoms with van der Waals surface area (Å²) in [6.07, 6.45) is 3.79. The quantitative estimate of drug-likeness (QED) is 0.618. The molecule has 0 aliphatic heterocycles. The summed E-state index contributed by atoms with van der Waals surface area (Å²) in [4.78, 5) is 23.8. The molecule has 5 heteroatoms. The molecule has 2 aromatic carbocycles. The first-order chi connectivity index (χ1) is 11.6. The maximum absolute atomic E-state index is 12.0. The Morgan fingerprint density at radius 3 is 2.71 bits per heavy atom. The normalized spacial score (nSPS) is 10.6. The topological polar surface area (TPSA) is 55.4 Å². The van der Waals surface area contributed by atoms with Crippen molar-refractivity contribution in [3.05, 3.63) is 70.8 Å². The zero-order chi connectivity index (χ0) is 17.4. The van der Waals surface area contributed by atoms with Crippen molar-refractivity contribution in [2.75, 3.05) is 11.9 Å². The summed E-state index contributed by atoms with van der Waals surface area (Å²) < 4.78 is 5.08. The summed E-state index contributed by atoms with van der Waals surface area (Å²) in [7, 11) is 0. The van der Waals surface area contributed by atoms with Crippen LogP contribution in [0.2, 0.25) is 5.02 Å². The number of nitrogens with one attached hydrogen (secondary N) is 1. The van der Waals surface area contributed by atoms with Gasteiger partial charge in [-0.2, -0.15) is 0 Å². The number of hydrogen-bond acceptors (Lipinski definition) is 3. The van der Waals surface area contributed by atoms with Gasteiger partial charge in [0.05, 0.1) is 12.2 Å². The molecular weight excluding hydrogens is 326 g/mol. The van der Waals surface area contributed by atoms with Crippen molar-refractivity contribution in [3.63, 3.8) is 0 Å². The molecule has 124 valence electrons. The van der Waals surface area contributed by atoms with Crippen LogP contribution >= 0.6 is 11.6 Å². The number of amides is 1. The Labute approximate surface area is 146 Å². The van der Waals surface area contributed by atoms with E-state index in [0.717, 1.165) is 12.0 Å². The Balaban J connectivity index is 2.01. The fourth-order valence-electron chi connectivity index (χ4n) is 1.96. The average molecular weight is 344 g/mol. The summed E-state index contributed by atoms with van der Waals surface area (Å²) in [5.74, 6) is -0.714. The minimum absolute atomic E-state index is 0.311. The number of carbonyl (C=O) groups excluding carboxylic acids is 2. The maximum Gasteiger partial charge on any atom is 0.338 e. The highest BCUT2D eigenvalue weighted by molar-refractivity contribution is 6.32. The van der Waals surface area contributed by atoms with Crippen LogP contribution in [0.5, 0.6) is 0 Å². The van der Waals surface area contributed by atoms with E-state index < -0.39 is 5.97 Å². The minimum Gasteiger partial charge on any atom is -0.462 e. The van der Waals surface area contributed by atoms with Crippen molar-refractivity contribution in [2.45, 2.75) is 13.3 Å². The van der Waals surface area contributed by atoms with Crippen molar-refractivity contribution in [1.29, 1.82) is 0 Å². The first kappa shape index (κ1) is 17.8. The van der Waals surface area contributed by atoms with Gasteiger partial charge in [0.25, 0.3) is 0 Å². The summed E-state index contributed by atoms with van der Waals surface area (Å²) in [6, 6.07) is 13.9. The fraction of sp³-hybridized carbons (Fsp3) is 0.158. The first-order valence-corrected chi connectivity index (χ1v) is 7.98. The van der Waals surface area contributed by atoms with E-state index in [1.54, 1.807) is 36.4 Å². The van der Waals surface area contributed by atoms with Crippen molar-refractivity contribution in [2.24, 2.45) is 0 Å². The molecular formula is C19H18ClNO3. The maximum atomic E-state index is 12.0. The Morgan fingerprint density at radius 2 is 1.96 bits per heavy atom. The van der Waals surface area contributed by atoms with E-state index >= 15 is 0 Å². The number of halogens is 1. The lowest BCUT2D eigenvalue weighted by Gasteiger charge is -2.06. The van der Waals surface area contributed by atoms with Gasteiger partial charge in [-0.15, -0.1) is 0 Å². The van der Waals surface area contributed by atoms with Crippen LogP contribution in [0.3, 0.4) is 0 Å². The van der Waals surface area contributed by atoms with Crippen molar-refractivity contribution in [3.8, 4) is 0 Å². The molecule has 2 aromatic rings. The molecule has 1 amide bonds. The van der Waals surface area contributed by atoms with Gasteiger partial charge in [0.15, 0.2) is 0 Å². The molecule has 0 saturated carbocycles. The third kappa shape index (κ3) is 5.25. The minimum atomic E-state index is -0.403. The highest BCUT2D eigenvalue weighted by Crippen LogP contribution is 2.16. The number of hydrogen-bond donors (Lipinski definition) is 1. The van der Waals surface area contributed by atoms with Crippen molar-refractivity contribution < 1.29 is 14.3 Å². The van der Waals surface area contributed by atoms with E-state index in [4.69, 9.17) is 16.3 Å². The highest BCUT2D eigenvalue weighted by Gasteiger charge is 2.08. The zero-order valence-corrected chi connectivity index (χ0v) is 14.0. The van der Waals surface area contributed by atoms with Gasteiger partial charge in [-0.1, -0.05) is 42.8 Å². The third-order valence-electron chi connectivity index (χ3n) is 3.12. The zero-order valence-electron chi connectivity index (χ0n) is 13.3. The van der Waals surface area contributed by atoms with Crippen LogP contribution in [0.15, 0.2) is 54.6 Å². The smallest absolute Gasteiger partial charge is 0.338 e. The second-order valence-corrected chi connectivity index (χ2v) is 5.47. The van der Waals surface area contributed by atoms with E-state index in [-0.39, 0.29) is 5.91 Å². The van der Waals surface area contributed by atoms with Crippen molar-refractivity contribution in [1.82, 2.24) is 0 Å².